The molecule has 0 bridgehead atoms. The van der Waals surface area contributed by atoms with Gasteiger partial charge in [0.05, 0.1) is 16.1 Å². The van der Waals surface area contributed by atoms with Gasteiger partial charge in [0.15, 0.2) is 0 Å². The number of imidazole rings is 1. The molecule has 7 nitrogen and oxygen atoms in total. The van der Waals surface area contributed by atoms with Crippen LogP contribution in [0.15, 0.2) is 58.1 Å². The van der Waals surface area contributed by atoms with Gasteiger partial charge in [-0.2, -0.15) is 4.98 Å². The Morgan fingerprint density at radius 3 is 2.84 bits per heavy atom. The molecule has 0 saturated heterocycles. The lowest BCUT2D eigenvalue weighted by Crippen LogP contribution is -2.18. The summed E-state index contributed by atoms with van der Waals surface area (Å²) in [5.74, 6) is 0.531. The number of anilines is 2. The molecule has 0 fully saturated rings. The fraction of sp³-hybridized carbons (Fsp3) is 0. The summed E-state index contributed by atoms with van der Waals surface area (Å²) < 4.78 is 2.19. The summed E-state index contributed by atoms with van der Waals surface area (Å²) in [6.07, 6.45) is 1.35. The van der Waals surface area contributed by atoms with Crippen LogP contribution in [0.25, 0.3) is 17.0 Å². The molecule has 0 radical (unpaired) electrons. The molecular formula is C16H10BrClN6O. The molecule has 4 rings (SSSR count). The molecule has 0 spiro atoms. The third-order valence-corrected chi connectivity index (χ3v) is 4.76. The van der Waals surface area contributed by atoms with Crippen LogP contribution in [0.1, 0.15) is 0 Å². The van der Waals surface area contributed by atoms with E-state index in [1.54, 1.807) is 6.07 Å². The average Bonchev–Trinajstić information content (AvgIpc) is 2.94. The van der Waals surface area contributed by atoms with Crippen molar-refractivity contribution in [2.45, 2.75) is 0 Å². The van der Waals surface area contributed by atoms with Crippen LogP contribution in [0.5, 0.6) is 0 Å². The van der Waals surface area contributed by atoms with E-state index in [0.717, 1.165) is 10.2 Å². The zero-order chi connectivity index (χ0) is 17.4. The highest BCUT2D eigenvalue weighted by Crippen LogP contribution is 2.26. The van der Waals surface area contributed by atoms with E-state index in [-0.39, 0.29) is 11.6 Å². The molecule has 0 aliphatic heterocycles. The molecular weight excluding hydrogens is 408 g/mol. The van der Waals surface area contributed by atoms with Gasteiger partial charge >= 0.3 is 5.69 Å². The Morgan fingerprint density at radius 2 is 2.00 bits per heavy atom. The van der Waals surface area contributed by atoms with Crippen molar-refractivity contribution in [3.8, 4) is 5.95 Å². The molecule has 9 heteroatoms. The molecule has 0 aliphatic rings. The molecule has 2 aromatic carbocycles. The summed E-state index contributed by atoms with van der Waals surface area (Å²) in [5.41, 5.74) is 1.81. The monoisotopic (exact) mass is 416 g/mol. The van der Waals surface area contributed by atoms with Crippen LogP contribution in [-0.2, 0) is 0 Å². The zero-order valence-corrected chi connectivity index (χ0v) is 14.9. The minimum absolute atomic E-state index is 0.225. The van der Waals surface area contributed by atoms with Crippen molar-refractivity contribution in [2.24, 2.45) is 0 Å². The highest BCUT2D eigenvalue weighted by atomic mass is 79.9. The molecule has 2 heterocycles. The first-order valence-electron chi connectivity index (χ1n) is 7.23. The number of nitrogens with one attached hydrogen (secondary N) is 2. The van der Waals surface area contributed by atoms with Crippen molar-refractivity contribution >= 4 is 50.2 Å². The van der Waals surface area contributed by atoms with Crippen LogP contribution in [0.4, 0.5) is 11.6 Å². The number of H-pyrrole nitrogens is 1. The third kappa shape index (κ3) is 3.01. The molecule has 2 aromatic heterocycles. The van der Waals surface area contributed by atoms with E-state index in [0.29, 0.717) is 22.0 Å². The lowest BCUT2D eigenvalue weighted by molar-refractivity contribution is 0.886. The SMILES string of the molecule is O=c1[nH]c2ccccc2n1-c1ncnc(Nc2ccc(Br)c(Cl)c2)n1. The topological polar surface area (TPSA) is 88.5 Å². The number of hydrogen-bond donors (Lipinski definition) is 2. The summed E-state index contributed by atoms with van der Waals surface area (Å²) in [7, 11) is 0. The van der Waals surface area contributed by atoms with E-state index in [2.05, 4.69) is 41.2 Å². The summed E-state index contributed by atoms with van der Waals surface area (Å²) in [6.45, 7) is 0. The van der Waals surface area contributed by atoms with E-state index in [4.69, 9.17) is 11.6 Å². The van der Waals surface area contributed by atoms with Crippen molar-refractivity contribution in [2.75, 3.05) is 5.32 Å². The van der Waals surface area contributed by atoms with E-state index in [1.807, 2.05) is 36.4 Å². The van der Waals surface area contributed by atoms with Crippen molar-refractivity contribution in [1.82, 2.24) is 24.5 Å². The minimum Gasteiger partial charge on any atom is -0.324 e. The number of aromatic nitrogens is 5. The van der Waals surface area contributed by atoms with Gasteiger partial charge in [0.2, 0.25) is 11.9 Å². The number of rotatable bonds is 3. The maximum absolute atomic E-state index is 12.3. The van der Waals surface area contributed by atoms with Gasteiger partial charge in [0.25, 0.3) is 0 Å². The Hall–Kier alpha value is -2.71. The van der Waals surface area contributed by atoms with Gasteiger partial charge in [-0.05, 0) is 46.3 Å². The second kappa shape index (κ2) is 6.30. The van der Waals surface area contributed by atoms with E-state index < -0.39 is 0 Å². The van der Waals surface area contributed by atoms with Crippen LogP contribution < -0.4 is 11.0 Å². The fourth-order valence-electron chi connectivity index (χ4n) is 2.41. The Balaban J connectivity index is 1.75. The smallest absolute Gasteiger partial charge is 0.324 e. The van der Waals surface area contributed by atoms with Gasteiger partial charge in [0, 0.05) is 10.2 Å². The summed E-state index contributed by atoms with van der Waals surface area (Å²) in [6, 6.07) is 12.7. The number of fused-ring (bicyclic) bond motifs is 1. The standard InChI is InChI=1S/C16H10BrClN6O/c17-10-6-5-9(7-11(10)18)21-14-19-8-20-15(23-14)24-13-4-2-1-3-12(13)22-16(24)25/h1-8H,(H,22,25)(H,19,20,21,23). The number of hydrogen-bond acceptors (Lipinski definition) is 5. The molecule has 25 heavy (non-hydrogen) atoms. The number of aromatic amines is 1. The summed E-state index contributed by atoms with van der Waals surface area (Å²) in [5, 5.41) is 3.61. The minimum atomic E-state index is -0.315. The number of halogens is 2. The lowest BCUT2D eigenvalue weighted by Gasteiger charge is -2.07. The van der Waals surface area contributed by atoms with Gasteiger partial charge in [0.1, 0.15) is 6.33 Å². The highest BCUT2D eigenvalue weighted by molar-refractivity contribution is 9.10. The second-order valence-electron chi connectivity index (χ2n) is 5.15. The Morgan fingerprint density at radius 1 is 1.16 bits per heavy atom. The van der Waals surface area contributed by atoms with Gasteiger partial charge < -0.3 is 10.3 Å². The number of benzene rings is 2. The maximum atomic E-state index is 12.3. The first kappa shape index (κ1) is 15.8. The molecule has 0 atom stereocenters. The maximum Gasteiger partial charge on any atom is 0.333 e. The third-order valence-electron chi connectivity index (χ3n) is 3.52. The Bertz CT molecular complexity index is 1140. The fourth-order valence-corrected chi connectivity index (χ4v) is 2.84. The molecule has 4 aromatic rings. The quantitative estimate of drug-likeness (QED) is 0.531. The van der Waals surface area contributed by atoms with Crippen molar-refractivity contribution in [1.29, 1.82) is 0 Å². The first-order valence-corrected chi connectivity index (χ1v) is 8.40. The Labute approximate surface area is 154 Å². The second-order valence-corrected chi connectivity index (χ2v) is 6.41. The lowest BCUT2D eigenvalue weighted by atomic mass is 10.3. The van der Waals surface area contributed by atoms with Crippen LogP contribution in [0.3, 0.4) is 0 Å². The van der Waals surface area contributed by atoms with Crippen molar-refractivity contribution in [3.05, 3.63) is 68.8 Å². The molecule has 0 aliphatic carbocycles. The predicted molar refractivity (Wildman–Crippen MR) is 99.7 cm³/mol. The van der Waals surface area contributed by atoms with Crippen LogP contribution in [-0.4, -0.2) is 24.5 Å². The normalized spacial score (nSPS) is 11.0. The molecule has 0 amide bonds. The molecule has 2 N–H and O–H groups in total. The summed E-state index contributed by atoms with van der Waals surface area (Å²) >= 11 is 9.43. The number of para-hydroxylation sites is 2. The van der Waals surface area contributed by atoms with Gasteiger partial charge in [-0.1, -0.05) is 23.7 Å². The highest BCUT2D eigenvalue weighted by Gasteiger charge is 2.12. The van der Waals surface area contributed by atoms with Gasteiger partial charge in [-0.25, -0.2) is 19.3 Å². The largest absolute Gasteiger partial charge is 0.333 e. The predicted octanol–water partition coefficient (Wildman–Crippen LogP) is 3.66. The van der Waals surface area contributed by atoms with Crippen LogP contribution >= 0.6 is 27.5 Å². The summed E-state index contributed by atoms with van der Waals surface area (Å²) in [4.78, 5) is 27.6. The van der Waals surface area contributed by atoms with Gasteiger partial charge in [-0.3, -0.25) is 0 Å². The zero-order valence-electron chi connectivity index (χ0n) is 12.6. The van der Waals surface area contributed by atoms with Crippen molar-refractivity contribution < 1.29 is 0 Å². The van der Waals surface area contributed by atoms with Crippen LogP contribution in [0.2, 0.25) is 5.02 Å². The average molecular weight is 418 g/mol. The van der Waals surface area contributed by atoms with Crippen LogP contribution in [0, 0.1) is 0 Å². The molecule has 124 valence electrons. The van der Waals surface area contributed by atoms with E-state index >= 15 is 0 Å². The molecule has 0 unspecified atom stereocenters. The van der Waals surface area contributed by atoms with E-state index in [1.165, 1.54) is 10.9 Å². The van der Waals surface area contributed by atoms with Crippen molar-refractivity contribution in [3.63, 3.8) is 0 Å². The number of nitrogens with zero attached hydrogens (tertiary/aromatic N) is 4. The van der Waals surface area contributed by atoms with Gasteiger partial charge in [-0.15, -0.1) is 0 Å². The first-order chi connectivity index (χ1) is 12.1. The van der Waals surface area contributed by atoms with E-state index in [9.17, 15) is 4.79 Å². The molecule has 0 saturated carbocycles. The Kier molecular flexibility index (Phi) is 3.98.